The fourth-order valence-corrected chi connectivity index (χ4v) is 3.07. The molecule has 1 fully saturated rings. The van der Waals surface area contributed by atoms with Crippen LogP contribution in [0.1, 0.15) is 50.8 Å². The van der Waals surface area contributed by atoms with Gasteiger partial charge < -0.3 is 5.73 Å². The number of nitrogens with zero attached hydrogens (tertiary/aromatic N) is 1. The first kappa shape index (κ1) is 16.3. The van der Waals surface area contributed by atoms with Gasteiger partial charge in [-0.1, -0.05) is 12.1 Å². The minimum absolute atomic E-state index is 0.0268. The zero-order valence-corrected chi connectivity index (χ0v) is 12.7. The van der Waals surface area contributed by atoms with Gasteiger partial charge in [0.25, 0.3) is 0 Å². The molecule has 1 aromatic rings. The standard InChI is InChI=1S/C16H23F3N2/c1-15(2,3)21-10-4-5-13(20)14(21)11-6-8-12(9-7-11)16(17,18)19/h6-9,13-14H,4-5,10,20H2,1-3H3. The number of benzene rings is 1. The van der Waals surface area contributed by atoms with E-state index < -0.39 is 11.7 Å². The van der Waals surface area contributed by atoms with E-state index in [1.54, 1.807) is 12.1 Å². The lowest BCUT2D eigenvalue weighted by atomic mass is 9.86. The van der Waals surface area contributed by atoms with Gasteiger partial charge in [-0.2, -0.15) is 13.2 Å². The van der Waals surface area contributed by atoms with Crippen molar-refractivity contribution in [3.8, 4) is 0 Å². The zero-order chi connectivity index (χ0) is 15.8. The van der Waals surface area contributed by atoms with Crippen LogP contribution in [-0.2, 0) is 6.18 Å². The molecule has 1 aliphatic heterocycles. The summed E-state index contributed by atoms with van der Waals surface area (Å²) in [6, 6.07) is 5.36. The Labute approximate surface area is 124 Å². The summed E-state index contributed by atoms with van der Waals surface area (Å²) < 4.78 is 38.0. The maximum absolute atomic E-state index is 12.7. The monoisotopic (exact) mass is 300 g/mol. The summed E-state index contributed by atoms with van der Waals surface area (Å²) >= 11 is 0. The van der Waals surface area contributed by atoms with E-state index in [0.29, 0.717) is 0 Å². The van der Waals surface area contributed by atoms with Crippen molar-refractivity contribution in [2.75, 3.05) is 6.54 Å². The summed E-state index contributed by atoms with van der Waals surface area (Å²) in [5, 5.41) is 0. The minimum Gasteiger partial charge on any atom is -0.326 e. The summed E-state index contributed by atoms with van der Waals surface area (Å²) in [5.41, 5.74) is 6.45. The summed E-state index contributed by atoms with van der Waals surface area (Å²) in [7, 11) is 0. The van der Waals surface area contributed by atoms with Crippen LogP contribution in [0.2, 0.25) is 0 Å². The highest BCUT2D eigenvalue weighted by atomic mass is 19.4. The topological polar surface area (TPSA) is 29.3 Å². The van der Waals surface area contributed by atoms with Crippen molar-refractivity contribution in [2.45, 2.75) is 57.4 Å². The molecule has 5 heteroatoms. The van der Waals surface area contributed by atoms with Gasteiger partial charge in [-0.25, -0.2) is 0 Å². The molecule has 1 aromatic carbocycles. The van der Waals surface area contributed by atoms with E-state index in [0.717, 1.165) is 37.1 Å². The molecule has 0 aromatic heterocycles. The van der Waals surface area contributed by atoms with Crippen LogP contribution < -0.4 is 5.73 Å². The van der Waals surface area contributed by atoms with Gasteiger partial charge in [0.15, 0.2) is 0 Å². The Morgan fingerprint density at radius 1 is 1.10 bits per heavy atom. The molecule has 21 heavy (non-hydrogen) atoms. The number of piperidine rings is 1. The minimum atomic E-state index is -4.29. The normalized spacial score (nSPS) is 25.1. The Kier molecular flexibility index (Phi) is 4.36. The molecule has 0 aliphatic carbocycles. The first-order valence-electron chi connectivity index (χ1n) is 7.30. The quantitative estimate of drug-likeness (QED) is 0.850. The molecule has 0 amide bonds. The lowest BCUT2D eigenvalue weighted by molar-refractivity contribution is -0.137. The molecular weight excluding hydrogens is 277 g/mol. The molecule has 1 heterocycles. The number of hydrogen-bond acceptors (Lipinski definition) is 2. The summed E-state index contributed by atoms with van der Waals surface area (Å²) in [6.07, 6.45) is -2.37. The highest BCUT2D eigenvalue weighted by Gasteiger charge is 2.37. The lowest BCUT2D eigenvalue weighted by Crippen LogP contribution is -2.53. The van der Waals surface area contributed by atoms with E-state index in [-0.39, 0.29) is 17.6 Å². The van der Waals surface area contributed by atoms with Crippen molar-refractivity contribution in [1.82, 2.24) is 4.90 Å². The van der Waals surface area contributed by atoms with E-state index in [1.807, 2.05) is 0 Å². The number of rotatable bonds is 1. The number of likely N-dealkylation sites (tertiary alicyclic amines) is 1. The maximum Gasteiger partial charge on any atom is 0.416 e. The van der Waals surface area contributed by atoms with Gasteiger partial charge in [-0.05, 0) is 57.9 Å². The number of nitrogens with two attached hydrogens (primary N) is 1. The van der Waals surface area contributed by atoms with Crippen LogP contribution in [0.15, 0.2) is 24.3 Å². The van der Waals surface area contributed by atoms with Gasteiger partial charge in [0, 0.05) is 11.6 Å². The fraction of sp³-hybridized carbons (Fsp3) is 0.625. The van der Waals surface area contributed by atoms with Gasteiger partial charge in [0.2, 0.25) is 0 Å². The molecule has 2 N–H and O–H groups in total. The maximum atomic E-state index is 12.7. The predicted molar refractivity (Wildman–Crippen MR) is 77.9 cm³/mol. The molecule has 118 valence electrons. The molecule has 2 nitrogen and oxygen atoms in total. The molecule has 2 unspecified atom stereocenters. The van der Waals surface area contributed by atoms with Crippen molar-refractivity contribution in [2.24, 2.45) is 5.73 Å². The molecule has 0 radical (unpaired) electrons. The Bertz CT molecular complexity index is 474. The Hall–Kier alpha value is -1.07. The molecular formula is C16H23F3N2. The summed E-state index contributed by atoms with van der Waals surface area (Å²) in [4.78, 5) is 2.30. The van der Waals surface area contributed by atoms with E-state index in [4.69, 9.17) is 5.73 Å². The van der Waals surface area contributed by atoms with Crippen LogP contribution in [0, 0.1) is 0 Å². The second kappa shape index (κ2) is 5.61. The molecule has 1 aliphatic rings. The largest absolute Gasteiger partial charge is 0.416 e. The number of alkyl halides is 3. The lowest BCUT2D eigenvalue weighted by Gasteiger charge is -2.47. The molecule has 0 saturated carbocycles. The summed E-state index contributed by atoms with van der Waals surface area (Å²) in [5.74, 6) is 0. The van der Waals surface area contributed by atoms with Gasteiger partial charge >= 0.3 is 6.18 Å². The Morgan fingerprint density at radius 3 is 2.14 bits per heavy atom. The second-order valence-corrected chi connectivity index (χ2v) is 6.73. The van der Waals surface area contributed by atoms with Gasteiger partial charge in [0.05, 0.1) is 11.6 Å². The van der Waals surface area contributed by atoms with Crippen LogP contribution >= 0.6 is 0 Å². The van der Waals surface area contributed by atoms with Crippen molar-refractivity contribution in [3.63, 3.8) is 0 Å². The van der Waals surface area contributed by atoms with E-state index in [1.165, 1.54) is 0 Å². The third-order valence-electron chi connectivity index (χ3n) is 4.12. The Balaban J connectivity index is 2.32. The van der Waals surface area contributed by atoms with Crippen molar-refractivity contribution in [3.05, 3.63) is 35.4 Å². The third-order valence-corrected chi connectivity index (χ3v) is 4.12. The van der Waals surface area contributed by atoms with Crippen LogP contribution in [0.5, 0.6) is 0 Å². The number of hydrogen-bond donors (Lipinski definition) is 1. The first-order chi connectivity index (χ1) is 9.60. The van der Waals surface area contributed by atoms with E-state index in [2.05, 4.69) is 25.7 Å². The third kappa shape index (κ3) is 3.58. The zero-order valence-electron chi connectivity index (χ0n) is 12.7. The van der Waals surface area contributed by atoms with E-state index in [9.17, 15) is 13.2 Å². The molecule has 2 atom stereocenters. The number of halogens is 3. The average Bonchev–Trinajstić information content (AvgIpc) is 2.36. The fourth-order valence-electron chi connectivity index (χ4n) is 3.07. The van der Waals surface area contributed by atoms with Crippen molar-refractivity contribution < 1.29 is 13.2 Å². The average molecular weight is 300 g/mol. The van der Waals surface area contributed by atoms with Crippen LogP contribution in [0.3, 0.4) is 0 Å². The van der Waals surface area contributed by atoms with Crippen LogP contribution in [0.4, 0.5) is 13.2 Å². The predicted octanol–water partition coefficient (Wildman–Crippen LogP) is 3.97. The van der Waals surface area contributed by atoms with Crippen molar-refractivity contribution in [1.29, 1.82) is 0 Å². The second-order valence-electron chi connectivity index (χ2n) is 6.73. The van der Waals surface area contributed by atoms with Gasteiger partial charge in [-0.3, -0.25) is 4.90 Å². The molecule has 2 rings (SSSR count). The molecule has 0 spiro atoms. The van der Waals surface area contributed by atoms with Crippen molar-refractivity contribution >= 4 is 0 Å². The summed E-state index contributed by atoms with van der Waals surface area (Å²) in [6.45, 7) is 7.26. The first-order valence-corrected chi connectivity index (χ1v) is 7.30. The highest BCUT2D eigenvalue weighted by molar-refractivity contribution is 5.28. The smallest absolute Gasteiger partial charge is 0.326 e. The highest BCUT2D eigenvalue weighted by Crippen LogP contribution is 2.37. The molecule has 1 saturated heterocycles. The van der Waals surface area contributed by atoms with Crippen LogP contribution in [0.25, 0.3) is 0 Å². The van der Waals surface area contributed by atoms with E-state index >= 15 is 0 Å². The SMILES string of the molecule is CC(C)(C)N1CCCC(N)C1c1ccc(C(F)(F)F)cc1. The van der Waals surface area contributed by atoms with Gasteiger partial charge in [-0.15, -0.1) is 0 Å². The van der Waals surface area contributed by atoms with Crippen LogP contribution in [-0.4, -0.2) is 23.0 Å². The molecule has 0 bridgehead atoms. The Morgan fingerprint density at radius 2 is 1.67 bits per heavy atom. The van der Waals surface area contributed by atoms with Gasteiger partial charge in [0.1, 0.15) is 0 Å².